The van der Waals surface area contributed by atoms with Crippen molar-refractivity contribution in [3.8, 4) is 0 Å². The minimum atomic E-state index is -0.397. The van der Waals surface area contributed by atoms with Gasteiger partial charge in [-0.25, -0.2) is 4.39 Å². The summed E-state index contributed by atoms with van der Waals surface area (Å²) in [6.45, 7) is 1.53. The van der Waals surface area contributed by atoms with Crippen molar-refractivity contribution in [2.24, 2.45) is 5.73 Å². The molecule has 0 unspecified atom stereocenters. The summed E-state index contributed by atoms with van der Waals surface area (Å²) in [6.07, 6.45) is 0. The predicted octanol–water partition coefficient (Wildman–Crippen LogP) is 2.04. The van der Waals surface area contributed by atoms with Gasteiger partial charge in [0.1, 0.15) is 5.82 Å². The number of carbonyl (C=O) groups is 1. The summed E-state index contributed by atoms with van der Waals surface area (Å²) in [5, 5.41) is 0. The maximum Gasteiger partial charge on any atom is 0.176 e. The molecule has 0 aliphatic carbocycles. The molecule has 0 spiro atoms. The average Bonchev–Trinajstić information content (AvgIpc) is 2.12. The largest absolute Gasteiger partial charge is 0.324 e. The lowest BCUT2D eigenvalue weighted by Gasteiger charge is -2.03. The van der Waals surface area contributed by atoms with E-state index in [-0.39, 0.29) is 12.3 Å². The molecule has 0 bridgehead atoms. The second kappa shape index (κ2) is 3.98. The molecule has 4 heteroatoms. The molecule has 2 N–H and O–H groups in total. The third-order valence-electron chi connectivity index (χ3n) is 1.79. The number of ketones is 1. The maximum atomic E-state index is 13.1. The third-order valence-corrected chi connectivity index (χ3v) is 2.61. The Labute approximate surface area is 84.1 Å². The third kappa shape index (κ3) is 2.14. The number of halogens is 2. The molecule has 13 heavy (non-hydrogen) atoms. The fraction of sp³-hybridized carbons (Fsp3) is 0.222. The summed E-state index contributed by atoms with van der Waals surface area (Å²) in [6, 6.07) is 2.78. The van der Waals surface area contributed by atoms with Crippen LogP contribution >= 0.6 is 15.9 Å². The van der Waals surface area contributed by atoms with Gasteiger partial charge in [0.05, 0.1) is 6.54 Å². The van der Waals surface area contributed by atoms with E-state index < -0.39 is 5.82 Å². The molecule has 1 aromatic carbocycles. The van der Waals surface area contributed by atoms with E-state index in [1.807, 2.05) is 0 Å². The number of Topliss-reactive ketones (excluding diaryl/α,β-unsaturated/α-hetero) is 1. The number of rotatable bonds is 2. The molecule has 0 saturated heterocycles. The number of hydrogen-bond acceptors (Lipinski definition) is 2. The van der Waals surface area contributed by atoms with E-state index in [2.05, 4.69) is 15.9 Å². The van der Waals surface area contributed by atoms with E-state index in [9.17, 15) is 9.18 Å². The van der Waals surface area contributed by atoms with Crippen LogP contribution < -0.4 is 5.73 Å². The Morgan fingerprint density at radius 1 is 1.62 bits per heavy atom. The minimum absolute atomic E-state index is 0.102. The molecule has 2 nitrogen and oxygen atoms in total. The van der Waals surface area contributed by atoms with E-state index >= 15 is 0 Å². The molecule has 0 aliphatic heterocycles. The van der Waals surface area contributed by atoms with Gasteiger partial charge in [0, 0.05) is 10.0 Å². The van der Waals surface area contributed by atoms with Crippen LogP contribution in [0, 0.1) is 12.7 Å². The van der Waals surface area contributed by atoms with Gasteiger partial charge in [-0.2, -0.15) is 0 Å². The first kappa shape index (κ1) is 10.3. The number of carbonyl (C=O) groups excluding carboxylic acids is 1. The summed E-state index contributed by atoms with van der Waals surface area (Å²) in [5.74, 6) is -0.661. The Kier molecular flexibility index (Phi) is 3.17. The summed E-state index contributed by atoms with van der Waals surface area (Å²) < 4.78 is 13.7. The van der Waals surface area contributed by atoms with Crippen molar-refractivity contribution in [3.05, 3.63) is 33.5 Å². The Balaban J connectivity index is 3.20. The predicted molar refractivity (Wildman–Crippen MR) is 52.2 cm³/mol. The van der Waals surface area contributed by atoms with Gasteiger partial charge in [-0.15, -0.1) is 0 Å². The van der Waals surface area contributed by atoms with E-state index in [0.717, 1.165) is 0 Å². The first-order valence-electron chi connectivity index (χ1n) is 3.75. The van der Waals surface area contributed by atoms with E-state index in [1.165, 1.54) is 6.07 Å². The SMILES string of the molecule is Cc1c(F)cc(C(=O)CN)cc1Br. The lowest BCUT2D eigenvalue weighted by atomic mass is 10.1. The second-order valence-corrected chi connectivity index (χ2v) is 3.55. The number of hydrogen-bond donors (Lipinski definition) is 1. The van der Waals surface area contributed by atoms with Gasteiger partial charge in [0.2, 0.25) is 0 Å². The van der Waals surface area contributed by atoms with Crippen LogP contribution in [0.15, 0.2) is 16.6 Å². The molecule has 0 saturated carbocycles. The minimum Gasteiger partial charge on any atom is -0.324 e. The van der Waals surface area contributed by atoms with Gasteiger partial charge < -0.3 is 5.73 Å². The van der Waals surface area contributed by atoms with E-state index in [0.29, 0.717) is 15.6 Å². The Hall–Kier alpha value is -0.740. The zero-order valence-corrected chi connectivity index (χ0v) is 8.69. The van der Waals surface area contributed by atoms with Crippen LogP contribution in [0.1, 0.15) is 15.9 Å². The summed E-state index contributed by atoms with van der Waals surface area (Å²) in [7, 11) is 0. The van der Waals surface area contributed by atoms with Crippen LogP contribution in [0.2, 0.25) is 0 Å². The van der Waals surface area contributed by atoms with Gasteiger partial charge in [-0.3, -0.25) is 4.79 Å². The van der Waals surface area contributed by atoms with Crippen molar-refractivity contribution in [3.63, 3.8) is 0 Å². The quantitative estimate of drug-likeness (QED) is 0.811. The molecule has 0 amide bonds. The highest BCUT2D eigenvalue weighted by Crippen LogP contribution is 2.21. The Bertz CT molecular complexity index is 328. The van der Waals surface area contributed by atoms with Crippen molar-refractivity contribution in [1.29, 1.82) is 0 Å². The van der Waals surface area contributed by atoms with Gasteiger partial charge >= 0.3 is 0 Å². The monoisotopic (exact) mass is 245 g/mol. The molecule has 0 fully saturated rings. The van der Waals surface area contributed by atoms with E-state index in [1.54, 1.807) is 13.0 Å². The molecule has 1 rings (SSSR count). The summed E-state index contributed by atoms with van der Waals surface area (Å²) >= 11 is 3.16. The van der Waals surface area contributed by atoms with E-state index in [4.69, 9.17) is 5.73 Å². The van der Waals surface area contributed by atoms with Crippen LogP contribution in [0.25, 0.3) is 0 Å². The van der Waals surface area contributed by atoms with Crippen molar-refractivity contribution in [2.45, 2.75) is 6.92 Å². The van der Waals surface area contributed by atoms with Crippen molar-refractivity contribution in [1.82, 2.24) is 0 Å². The highest BCUT2D eigenvalue weighted by atomic mass is 79.9. The van der Waals surface area contributed by atoms with Crippen molar-refractivity contribution >= 4 is 21.7 Å². The number of nitrogens with two attached hydrogens (primary N) is 1. The first-order chi connectivity index (χ1) is 6.06. The van der Waals surface area contributed by atoms with Crippen molar-refractivity contribution in [2.75, 3.05) is 6.54 Å². The Morgan fingerprint density at radius 3 is 2.69 bits per heavy atom. The average molecular weight is 246 g/mol. The summed E-state index contributed by atoms with van der Waals surface area (Å²) in [4.78, 5) is 11.1. The summed E-state index contributed by atoms with van der Waals surface area (Å²) in [5.41, 5.74) is 5.95. The van der Waals surface area contributed by atoms with Crippen LogP contribution in [0.5, 0.6) is 0 Å². The lowest BCUT2D eigenvalue weighted by Crippen LogP contribution is -2.14. The molecule has 0 radical (unpaired) electrons. The van der Waals surface area contributed by atoms with Crippen LogP contribution in [-0.2, 0) is 0 Å². The second-order valence-electron chi connectivity index (χ2n) is 2.69. The normalized spacial score (nSPS) is 10.2. The molecular weight excluding hydrogens is 237 g/mol. The fourth-order valence-corrected chi connectivity index (χ4v) is 1.36. The van der Waals surface area contributed by atoms with Crippen molar-refractivity contribution < 1.29 is 9.18 Å². The topological polar surface area (TPSA) is 43.1 Å². The zero-order chi connectivity index (χ0) is 10.0. The molecule has 70 valence electrons. The highest BCUT2D eigenvalue weighted by molar-refractivity contribution is 9.10. The van der Waals surface area contributed by atoms with Gasteiger partial charge in [-0.05, 0) is 24.6 Å². The van der Waals surface area contributed by atoms with Crippen LogP contribution in [-0.4, -0.2) is 12.3 Å². The fourth-order valence-electron chi connectivity index (χ4n) is 0.924. The highest BCUT2D eigenvalue weighted by Gasteiger charge is 2.09. The smallest absolute Gasteiger partial charge is 0.176 e. The zero-order valence-electron chi connectivity index (χ0n) is 7.10. The molecule has 1 aromatic rings. The maximum absolute atomic E-state index is 13.1. The van der Waals surface area contributed by atoms with Crippen LogP contribution in [0.4, 0.5) is 4.39 Å². The van der Waals surface area contributed by atoms with Crippen LogP contribution in [0.3, 0.4) is 0 Å². The Morgan fingerprint density at radius 2 is 2.23 bits per heavy atom. The first-order valence-corrected chi connectivity index (χ1v) is 4.54. The van der Waals surface area contributed by atoms with Gasteiger partial charge in [-0.1, -0.05) is 15.9 Å². The molecule has 0 aliphatic rings. The standard InChI is InChI=1S/C9H9BrFNO/c1-5-7(10)2-6(3-8(5)11)9(13)4-12/h2-3H,4,12H2,1H3. The van der Waals surface area contributed by atoms with Gasteiger partial charge in [0.25, 0.3) is 0 Å². The molecular formula is C9H9BrFNO. The number of benzene rings is 1. The molecule has 0 aromatic heterocycles. The lowest BCUT2D eigenvalue weighted by molar-refractivity contribution is 0.100. The molecule has 0 atom stereocenters. The molecule has 0 heterocycles. The van der Waals surface area contributed by atoms with Gasteiger partial charge in [0.15, 0.2) is 5.78 Å².